The Balaban J connectivity index is 1.42. The molecule has 3 atom stereocenters. The lowest BCUT2D eigenvalue weighted by molar-refractivity contribution is -0.141. The summed E-state index contributed by atoms with van der Waals surface area (Å²) in [5.74, 6) is -0.652. The van der Waals surface area contributed by atoms with Crippen molar-refractivity contribution in [3.63, 3.8) is 0 Å². The van der Waals surface area contributed by atoms with E-state index in [-0.39, 0.29) is 30.7 Å². The summed E-state index contributed by atoms with van der Waals surface area (Å²) in [5.41, 5.74) is 4.87. The molecule has 1 saturated heterocycles. The van der Waals surface area contributed by atoms with Gasteiger partial charge in [-0.2, -0.15) is 0 Å². The molecule has 174 valence electrons. The molecule has 0 bridgehead atoms. The first kappa shape index (κ1) is 23.1. The van der Waals surface area contributed by atoms with Crippen LogP contribution in [0.2, 0.25) is 0 Å². The van der Waals surface area contributed by atoms with E-state index in [1.54, 1.807) is 17.4 Å². The molecule has 0 radical (unpaired) electrons. The summed E-state index contributed by atoms with van der Waals surface area (Å²) in [6.07, 6.45) is 0.972. The Labute approximate surface area is 196 Å². The molecule has 3 unspecified atom stereocenters. The Morgan fingerprint density at radius 2 is 2.03 bits per heavy atom. The van der Waals surface area contributed by atoms with Crippen molar-refractivity contribution in [2.75, 3.05) is 6.54 Å². The molecule has 4 rings (SSSR count). The van der Waals surface area contributed by atoms with Gasteiger partial charge in [0.25, 0.3) is 0 Å². The number of hydrogen-bond donors (Lipinski definition) is 2. The SMILES string of the molecule is Cc1ncsc1-c1ccc(CNC(=O)C2CC(O)CN2C(=O)C(c2ccno2)C(C)C)cc1. The topological polar surface area (TPSA) is 109 Å². The molecule has 33 heavy (non-hydrogen) atoms. The van der Waals surface area contributed by atoms with Crippen LogP contribution in [0.1, 0.15) is 43.2 Å². The highest BCUT2D eigenvalue weighted by molar-refractivity contribution is 7.13. The van der Waals surface area contributed by atoms with Crippen molar-refractivity contribution in [2.24, 2.45) is 5.92 Å². The number of amides is 2. The summed E-state index contributed by atoms with van der Waals surface area (Å²) < 4.78 is 5.25. The Hall–Kier alpha value is -3.04. The van der Waals surface area contributed by atoms with Crippen molar-refractivity contribution < 1.29 is 19.2 Å². The highest BCUT2D eigenvalue weighted by Crippen LogP contribution is 2.31. The third-order valence-electron chi connectivity index (χ3n) is 5.99. The lowest BCUT2D eigenvalue weighted by atomic mass is 9.91. The van der Waals surface area contributed by atoms with E-state index in [1.165, 1.54) is 11.1 Å². The van der Waals surface area contributed by atoms with E-state index in [1.807, 2.05) is 50.5 Å². The van der Waals surface area contributed by atoms with Crippen LogP contribution in [0.4, 0.5) is 0 Å². The van der Waals surface area contributed by atoms with Crippen LogP contribution in [0.5, 0.6) is 0 Å². The number of β-amino-alcohol motifs (C(OH)–C–C–N with tert-alkyl or cyclic N) is 1. The van der Waals surface area contributed by atoms with Crippen LogP contribution in [0.3, 0.4) is 0 Å². The number of aliphatic hydroxyl groups is 1. The highest BCUT2D eigenvalue weighted by Gasteiger charge is 2.42. The molecular weight excluding hydrogens is 440 g/mol. The van der Waals surface area contributed by atoms with Crippen molar-refractivity contribution in [2.45, 2.75) is 51.8 Å². The number of likely N-dealkylation sites (tertiary alicyclic amines) is 1. The van der Waals surface area contributed by atoms with E-state index in [4.69, 9.17) is 4.52 Å². The van der Waals surface area contributed by atoms with E-state index >= 15 is 0 Å². The number of carbonyl (C=O) groups excluding carboxylic acids is 2. The molecule has 2 N–H and O–H groups in total. The first-order valence-electron chi connectivity index (χ1n) is 11.0. The van der Waals surface area contributed by atoms with Gasteiger partial charge in [-0.25, -0.2) is 4.98 Å². The number of aryl methyl sites for hydroxylation is 1. The van der Waals surface area contributed by atoms with Crippen LogP contribution in [0, 0.1) is 12.8 Å². The first-order chi connectivity index (χ1) is 15.8. The number of carbonyl (C=O) groups is 2. The van der Waals surface area contributed by atoms with Crippen molar-refractivity contribution in [3.8, 4) is 10.4 Å². The number of aromatic nitrogens is 2. The summed E-state index contributed by atoms with van der Waals surface area (Å²) in [4.78, 5) is 33.2. The molecule has 2 amide bonds. The Morgan fingerprint density at radius 3 is 2.64 bits per heavy atom. The van der Waals surface area contributed by atoms with Crippen molar-refractivity contribution in [1.82, 2.24) is 20.4 Å². The van der Waals surface area contributed by atoms with Crippen LogP contribution in [0.15, 0.2) is 46.6 Å². The third kappa shape index (κ3) is 4.99. The second-order valence-electron chi connectivity index (χ2n) is 8.71. The van der Waals surface area contributed by atoms with Crippen LogP contribution in [0.25, 0.3) is 10.4 Å². The van der Waals surface area contributed by atoms with Gasteiger partial charge in [-0.05, 0) is 24.0 Å². The fraction of sp³-hybridized carbons (Fsp3) is 0.417. The number of benzene rings is 1. The van der Waals surface area contributed by atoms with Crippen molar-refractivity contribution in [3.05, 3.63) is 59.1 Å². The quantitative estimate of drug-likeness (QED) is 0.552. The fourth-order valence-electron chi connectivity index (χ4n) is 4.27. The fourth-order valence-corrected chi connectivity index (χ4v) is 5.08. The van der Waals surface area contributed by atoms with Crippen LogP contribution in [-0.2, 0) is 16.1 Å². The zero-order valence-electron chi connectivity index (χ0n) is 18.9. The molecule has 1 aromatic carbocycles. The number of nitrogens with zero attached hydrogens (tertiary/aromatic N) is 3. The van der Waals surface area contributed by atoms with Gasteiger partial charge in [0.2, 0.25) is 11.8 Å². The molecule has 0 aliphatic carbocycles. The summed E-state index contributed by atoms with van der Waals surface area (Å²) in [5, 5.41) is 16.9. The van der Waals surface area contributed by atoms with E-state index in [9.17, 15) is 14.7 Å². The summed E-state index contributed by atoms with van der Waals surface area (Å²) >= 11 is 1.60. The molecule has 3 aromatic rings. The minimum Gasteiger partial charge on any atom is -0.391 e. The smallest absolute Gasteiger partial charge is 0.243 e. The minimum absolute atomic E-state index is 0.0485. The lowest BCUT2D eigenvalue weighted by Gasteiger charge is -2.28. The maximum atomic E-state index is 13.3. The third-order valence-corrected chi connectivity index (χ3v) is 6.97. The van der Waals surface area contributed by atoms with Gasteiger partial charge < -0.3 is 19.8 Å². The van der Waals surface area contributed by atoms with Crippen LogP contribution >= 0.6 is 11.3 Å². The largest absolute Gasteiger partial charge is 0.391 e. The van der Waals surface area contributed by atoms with E-state index in [0.29, 0.717) is 12.3 Å². The molecule has 1 fully saturated rings. The molecule has 0 spiro atoms. The summed E-state index contributed by atoms with van der Waals surface area (Å²) in [6, 6.07) is 8.92. The number of aliphatic hydroxyl groups excluding tert-OH is 1. The number of hydrogen-bond acceptors (Lipinski definition) is 7. The number of thiazole rings is 1. The van der Waals surface area contributed by atoms with E-state index in [2.05, 4.69) is 15.5 Å². The number of nitrogens with one attached hydrogen (secondary N) is 1. The Kier molecular flexibility index (Phi) is 6.90. The molecular formula is C24H28N4O4S. The predicted molar refractivity (Wildman–Crippen MR) is 124 cm³/mol. The van der Waals surface area contributed by atoms with Crippen molar-refractivity contribution >= 4 is 23.2 Å². The molecule has 3 heterocycles. The normalized spacial score (nSPS) is 19.1. The van der Waals surface area contributed by atoms with Gasteiger partial charge in [0.15, 0.2) is 0 Å². The summed E-state index contributed by atoms with van der Waals surface area (Å²) in [6.45, 7) is 6.28. The minimum atomic E-state index is -0.742. The molecule has 1 aliphatic rings. The molecule has 1 aliphatic heterocycles. The van der Waals surface area contributed by atoms with Gasteiger partial charge in [0.05, 0.1) is 28.4 Å². The molecule has 8 nitrogen and oxygen atoms in total. The Morgan fingerprint density at radius 1 is 1.27 bits per heavy atom. The zero-order chi connectivity index (χ0) is 23.5. The second kappa shape index (κ2) is 9.84. The zero-order valence-corrected chi connectivity index (χ0v) is 19.7. The average Bonchev–Trinajstić information content (AvgIpc) is 3.54. The van der Waals surface area contributed by atoms with E-state index < -0.39 is 18.1 Å². The van der Waals surface area contributed by atoms with Gasteiger partial charge in [0, 0.05) is 25.6 Å². The second-order valence-corrected chi connectivity index (χ2v) is 9.57. The molecule has 0 saturated carbocycles. The summed E-state index contributed by atoms with van der Waals surface area (Å²) in [7, 11) is 0. The van der Waals surface area contributed by atoms with Crippen LogP contribution < -0.4 is 5.32 Å². The maximum absolute atomic E-state index is 13.3. The highest BCUT2D eigenvalue weighted by atomic mass is 32.1. The van der Waals surface area contributed by atoms with Gasteiger partial charge in [-0.3, -0.25) is 9.59 Å². The standard InChI is InChI=1S/C24H28N4O4S/c1-14(2)21(20-8-9-27-32-20)24(31)28-12-18(29)10-19(28)23(30)25-11-16-4-6-17(7-5-16)22-15(3)26-13-33-22/h4-9,13-14,18-19,21,29H,10-12H2,1-3H3,(H,25,30). The van der Waals surface area contributed by atoms with E-state index in [0.717, 1.165) is 21.7 Å². The molecule has 2 aromatic heterocycles. The van der Waals surface area contributed by atoms with Gasteiger partial charge in [-0.1, -0.05) is 43.3 Å². The average molecular weight is 469 g/mol. The maximum Gasteiger partial charge on any atom is 0.243 e. The van der Waals surface area contributed by atoms with Gasteiger partial charge >= 0.3 is 0 Å². The van der Waals surface area contributed by atoms with Crippen LogP contribution in [-0.4, -0.2) is 50.7 Å². The molecule has 9 heteroatoms. The Bertz CT molecular complexity index is 1090. The van der Waals surface area contributed by atoms with Gasteiger partial charge in [-0.15, -0.1) is 11.3 Å². The van der Waals surface area contributed by atoms with Crippen molar-refractivity contribution in [1.29, 1.82) is 0 Å². The predicted octanol–water partition coefficient (Wildman–Crippen LogP) is 3.12. The number of rotatable bonds is 7. The first-order valence-corrected chi connectivity index (χ1v) is 11.9. The van der Waals surface area contributed by atoms with Gasteiger partial charge in [0.1, 0.15) is 17.7 Å². The lowest BCUT2D eigenvalue weighted by Crippen LogP contribution is -2.47. The monoisotopic (exact) mass is 468 g/mol.